The van der Waals surface area contributed by atoms with E-state index in [1.54, 1.807) is 31.4 Å². The fourth-order valence-corrected chi connectivity index (χ4v) is 2.97. The molecule has 2 aromatic carbocycles. The van der Waals surface area contributed by atoms with Crippen LogP contribution in [0.5, 0.6) is 11.5 Å². The average molecular weight is 413 g/mol. The molecule has 0 radical (unpaired) electrons. The van der Waals surface area contributed by atoms with Gasteiger partial charge in [0.05, 0.1) is 14.2 Å². The van der Waals surface area contributed by atoms with E-state index in [0.29, 0.717) is 22.8 Å². The van der Waals surface area contributed by atoms with Crippen LogP contribution in [0, 0.1) is 0 Å². The predicted molar refractivity (Wildman–Crippen MR) is 105 cm³/mol. The third-order valence-electron chi connectivity index (χ3n) is 3.83. The molecule has 0 N–H and O–H groups in total. The van der Waals surface area contributed by atoms with E-state index in [-0.39, 0.29) is 5.78 Å². The van der Waals surface area contributed by atoms with Crippen molar-refractivity contribution in [2.24, 2.45) is 0 Å². The van der Waals surface area contributed by atoms with Gasteiger partial charge in [0, 0.05) is 15.6 Å². The number of halogens is 1. The van der Waals surface area contributed by atoms with Gasteiger partial charge < -0.3 is 13.9 Å². The molecule has 0 aliphatic rings. The molecule has 1 aromatic heterocycles. The molecule has 26 heavy (non-hydrogen) atoms. The minimum absolute atomic E-state index is 0.148. The number of ketones is 1. The summed E-state index contributed by atoms with van der Waals surface area (Å²) in [6.07, 6.45) is 3.13. The fourth-order valence-electron chi connectivity index (χ4n) is 2.49. The zero-order chi connectivity index (χ0) is 18.5. The third-order valence-corrected chi connectivity index (χ3v) is 4.52. The van der Waals surface area contributed by atoms with Crippen molar-refractivity contribution in [3.8, 4) is 22.8 Å². The van der Waals surface area contributed by atoms with Crippen LogP contribution in [0.4, 0.5) is 0 Å². The summed E-state index contributed by atoms with van der Waals surface area (Å²) in [4.78, 5) is 12.4. The van der Waals surface area contributed by atoms with Gasteiger partial charge in [0.25, 0.3) is 0 Å². The first-order valence-corrected chi connectivity index (χ1v) is 8.71. The van der Waals surface area contributed by atoms with Crippen molar-refractivity contribution in [1.82, 2.24) is 0 Å². The normalized spacial score (nSPS) is 10.9. The number of carbonyl (C=O) groups is 1. The Morgan fingerprint density at radius 1 is 1.00 bits per heavy atom. The van der Waals surface area contributed by atoms with Crippen molar-refractivity contribution in [3.63, 3.8) is 0 Å². The highest BCUT2D eigenvalue weighted by molar-refractivity contribution is 9.10. The molecular weight excluding hydrogens is 396 g/mol. The van der Waals surface area contributed by atoms with Crippen LogP contribution in [0.2, 0.25) is 0 Å². The van der Waals surface area contributed by atoms with Gasteiger partial charge in [-0.1, -0.05) is 34.1 Å². The second-order valence-corrected chi connectivity index (χ2v) is 6.30. The molecule has 0 bridgehead atoms. The summed E-state index contributed by atoms with van der Waals surface area (Å²) in [6, 6.07) is 16.6. The molecule has 0 saturated heterocycles. The summed E-state index contributed by atoms with van der Waals surface area (Å²) in [5, 5.41) is 0. The van der Waals surface area contributed by atoms with Crippen LogP contribution in [0.1, 0.15) is 16.1 Å². The lowest BCUT2D eigenvalue weighted by Crippen LogP contribution is -1.97. The van der Waals surface area contributed by atoms with E-state index in [2.05, 4.69) is 15.9 Å². The number of benzene rings is 2. The standard InChI is InChI=1S/C21H17BrO4/c1-24-20-11-7-14(13-21(20)25-2)18(23)10-8-15-9-12-19(26-15)16-5-3-4-6-17(16)22/h3-13H,1-2H3/b10-8+. The Bertz CT molecular complexity index is 956. The zero-order valence-electron chi connectivity index (χ0n) is 14.4. The van der Waals surface area contributed by atoms with E-state index in [1.807, 2.05) is 36.4 Å². The van der Waals surface area contributed by atoms with Gasteiger partial charge in [-0.2, -0.15) is 0 Å². The van der Waals surface area contributed by atoms with Crippen LogP contribution >= 0.6 is 15.9 Å². The molecule has 5 heteroatoms. The molecule has 132 valence electrons. The summed E-state index contributed by atoms with van der Waals surface area (Å²) >= 11 is 3.51. The second-order valence-electron chi connectivity index (χ2n) is 5.45. The van der Waals surface area contributed by atoms with Crippen molar-refractivity contribution >= 4 is 27.8 Å². The molecule has 0 atom stereocenters. The van der Waals surface area contributed by atoms with Crippen LogP contribution in [-0.2, 0) is 0 Å². The van der Waals surface area contributed by atoms with Gasteiger partial charge in [0.2, 0.25) is 0 Å². The van der Waals surface area contributed by atoms with E-state index in [1.165, 1.54) is 13.2 Å². The lowest BCUT2D eigenvalue weighted by atomic mass is 10.1. The van der Waals surface area contributed by atoms with Crippen molar-refractivity contribution in [1.29, 1.82) is 0 Å². The molecule has 0 saturated carbocycles. The Morgan fingerprint density at radius 2 is 1.77 bits per heavy atom. The lowest BCUT2D eigenvalue weighted by Gasteiger charge is -2.07. The van der Waals surface area contributed by atoms with Gasteiger partial charge in [-0.05, 0) is 48.6 Å². The number of allylic oxidation sites excluding steroid dienone is 1. The monoisotopic (exact) mass is 412 g/mol. The molecular formula is C21H17BrO4. The molecule has 0 unspecified atom stereocenters. The molecule has 0 amide bonds. The first-order valence-electron chi connectivity index (χ1n) is 7.91. The van der Waals surface area contributed by atoms with Crippen molar-refractivity contribution in [2.75, 3.05) is 14.2 Å². The van der Waals surface area contributed by atoms with Gasteiger partial charge in [0.1, 0.15) is 11.5 Å². The maximum atomic E-state index is 12.4. The first kappa shape index (κ1) is 18.0. The molecule has 0 aliphatic carbocycles. The van der Waals surface area contributed by atoms with Crippen molar-refractivity contribution in [3.05, 3.63) is 76.5 Å². The molecule has 0 aliphatic heterocycles. The maximum Gasteiger partial charge on any atom is 0.186 e. The van der Waals surface area contributed by atoms with Gasteiger partial charge in [-0.3, -0.25) is 4.79 Å². The van der Waals surface area contributed by atoms with Crippen LogP contribution in [0.3, 0.4) is 0 Å². The van der Waals surface area contributed by atoms with E-state index in [9.17, 15) is 4.79 Å². The lowest BCUT2D eigenvalue weighted by molar-refractivity contribution is 0.104. The largest absolute Gasteiger partial charge is 0.493 e. The Morgan fingerprint density at radius 3 is 2.50 bits per heavy atom. The Labute approximate surface area is 160 Å². The molecule has 3 aromatic rings. The first-order chi connectivity index (χ1) is 12.6. The fraction of sp³-hybridized carbons (Fsp3) is 0.0952. The Hall–Kier alpha value is -2.79. The smallest absolute Gasteiger partial charge is 0.186 e. The summed E-state index contributed by atoms with van der Waals surface area (Å²) in [5.74, 6) is 2.28. The SMILES string of the molecule is COc1ccc(C(=O)/C=C/c2ccc(-c3ccccc3Br)o2)cc1OC. The predicted octanol–water partition coefficient (Wildman–Crippen LogP) is 5.62. The van der Waals surface area contributed by atoms with Gasteiger partial charge >= 0.3 is 0 Å². The van der Waals surface area contributed by atoms with Gasteiger partial charge in [-0.25, -0.2) is 0 Å². The number of hydrogen-bond acceptors (Lipinski definition) is 4. The number of carbonyl (C=O) groups excluding carboxylic acids is 1. The van der Waals surface area contributed by atoms with Crippen LogP contribution in [-0.4, -0.2) is 20.0 Å². The molecule has 4 nitrogen and oxygen atoms in total. The molecule has 0 spiro atoms. The zero-order valence-corrected chi connectivity index (χ0v) is 15.9. The highest BCUT2D eigenvalue weighted by Gasteiger charge is 2.10. The minimum Gasteiger partial charge on any atom is -0.493 e. The van der Waals surface area contributed by atoms with Gasteiger partial charge in [-0.15, -0.1) is 0 Å². The molecule has 3 rings (SSSR count). The van der Waals surface area contributed by atoms with Crippen LogP contribution < -0.4 is 9.47 Å². The summed E-state index contributed by atoms with van der Waals surface area (Å²) in [6.45, 7) is 0. The van der Waals surface area contributed by atoms with Crippen LogP contribution in [0.25, 0.3) is 17.4 Å². The van der Waals surface area contributed by atoms with Gasteiger partial charge in [0.15, 0.2) is 17.3 Å². The second kappa shape index (κ2) is 8.06. The summed E-state index contributed by atoms with van der Waals surface area (Å²) in [5.41, 5.74) is 1.47. The summed E-state index contributed by atoms with van der Waals surface area (Å²) in [7, 11) is 3.09. The Balaban J connectivity index is 1.78. The maximum absolute atomic E-state index is 12.4. The number of methoxy groups -OCH3 is 2. The highest BCUT2D eigenvalue weighted by atomic mass is 79.9. The van der Waals surface area contributed by atoms with E-state index in [4.69, 9.17) is 13.9 Å². The number of rotatable bonds is 6. The van der Waals surface area contributed by atoms with E-state index < -0.39 is 0 Å². The van der Waals surface area contributed by atoms with E-state index >= 15 is 0 Å². The molecule has 1 heterocycles. The Kier molecular flexibility index (Phi) is 5.58. The highest BCUT2D eigenvalue weighted by Crippen LogP contribution is 2.30. The van der Waals surface area contributed by atoms with Crippen LogP contribution in [0.15, 0.2) is 69.6 Å². The average Bonchev–Trinajstić information content (AvgIpc) is 3.14. The quantitative estimate of drug-likeness (QED) is 0.389. The third kappa shape index (κ3) is 3.89. The van der Waals surface area contributed by atoms with Crippen molar-refractivity contribution < 1.29 is 18.7 Å². The number of hydrogen-bond donors (Lipinski definition) is 0. The van der Waals surface area contributed by atoms with E-state index in [0.717, 1.165) is 15.8 Å². The topological polar surface area (TPSA) is 48.7 Å². The minimum atomic E-state index is -0.148. The number of ether oxygens (including phenoxy) is 2. The molecule has 0 fully saturated rings. The number of furan rings is 1. The summed E-state index contributed by atoms with van der Waals surface area (Å²) < 4.78 is 17.2. The van der Waals surface area contributed by atoms with Crippen molar-refractivity contribution in [2.45, 2.75) is 0 Å².